The Kier molecular flexibility index (Phi) is 4.49. The van der Waals surface area contributed by atoms with Crippen molar-refractivity contribution in [2.24, 2.45) is 17.7 Å². The minimum absolute atomic E-state index is 0.435. The van der Waals surface area contributed by atoms with E-state index in [1.165, 1.54) is 0 Å². The molecule has 0 aliphatic rings. The van der Waals surface area contributed by atoms with Crippen molar-refractivity contribution in [1.82, 2.24) is 9.97 Å². The zero-order valence-electron chi connectivity index (χ0n) is 10.4. The van der Waals surface area contributed by atoms with Crippen molar-refractivity contribution in [3.63, 3.8) is 0 Å². The van der Waals surface area contributed by atoms with Crippen molar-refractivity contribution in [1.29, 1.82) is 0 Å². The number of anilines is 2. The van der Waals surface area contributed by atoms with Crippen LogP contribution in [-0.4, -0.2) is 16.5 Å². The average molecular weight is 223 g/mol. The molecule has 1 aromatic rings. The van der Waals surface area contributed by atoms with Crippen LogP contribution in [-0.2, 0) is 0 Å². The first kappa shape index (κ1) is 12.7. The Morgan fingerprint density at radius 3 is 2.62 bits per heavy atom. The molecule has 0 saturated heterocycles. The number of nitrogens with one attached hydrogen (secondary N) is 2. The quantitative estimate of drug-likeness (QED) is 0.524. The molecule has 90 valence electrons. The molecule has 16 heavy (non-hydrogen) atoms. The van der Waals surface area contributed by atoms with E-state index in [-0.39, 0.29) is 0 Å². The number of nitrogens with two attached hydrogens (primary N) is 1. The van der Waals surface area contributed by atoms with Crippen molar-refractivity contribution < 1.29 is 0 Å². The minimum atomic E-state index is 0.435. The molecule has 0 saturated carbocycles. The highest BCUT2D eigenvalue weighted by molar-refractivity contribution is 5.45. The van der Waals surface area contributed by atoms with Gasteiger partial charge in [-0.25, -0.2) is 10.8 Å². The third-order valence-corrected chi connectivity index (χ3v) is 2.83. The summed E-state index contributed by atoms with van der Waals surface area (Å²) in [6.07, 6.45) is 1.75. The van der Waals surface area contributed by atoms with E-state index >= 15 is 0 Å². The van der Waals surface area contributed by atoms with E-state index in [1.807, 2.05) is 6.92 Å². The molecule has 1 unspecified atom stereocenters. The maximum Gasteiger partial charge on any atom is 0.239 e. The summed E-state index contributed by atoms with van der Waals surface area (Å²) < 4.78 is 0. The van der Waals surface area contributed by atoms with Gasteiger partial charge in [-0.05, 0) is 18.8 Å². The number of aromatic nitrogens is 2. The summed E-state index contributed by atoms with van der Waals surface area (Å²) >= 11 is 0. The van der Waals surface area contributed by atoms with Gasteiger partial charge in [-0.1, -0.05) is 20.8 Å². The van der Waals surface area contributed by atoms with Crippen LogP contribution in [0.2, 0.25) is 0 Å². The molecule has 0 amide bonds. The number of hydrazine groups is 1. The summed E-state index contributed by atoms with van der Waals surface area (Å²) in [5, 5.41) is 3.32. The fourth-order valence-corrected chi connectivity index (χ4v) is 1.18. The van der Waals surface area contributed by atoms with Crippen molar-refractivity contribution in [2.75, 3.05) is 17.3 Å². The Morgan fingerprint density at radius 1 is 1.38 bits per heavy atom. The minimum Gasteiger partial charge on any atom is -0.369 e. The second-order valence-electron chi connectivity index (χ2n) is 4.47. The van der Waals surface area contributed by atoms with Crippen LogP contribution in [0.5, 0.6) is 0 Å². The van der Waals surface area contributed by atoms with Gasteiger partial charge in [0.25, 0.3) is 0 Å². The van der Waals surface area contributed by atoms with Crippen LogP contribution < -0.4 is 16.6 Å². The predicted octanol–water partition coefficient (Wildman–Crippen LogP) is 1.77. The monoisotopic (exact) mass is 223 g/mol. The third-order valence-electron chi connectivity index (χ3n) is 2.83. The zero-order valence-corrected chi connectivity index (χ0v) is 10.4. The second-order valence-corrected chi connectivity index (χ2v) is 4.47. The molecule has 0 aliphatic heterocycles. The van der Waals surface area contributed by atoms with E-state index in [2.05, 4.69) is 41.5 Å². The molecule has 1 heterocycles. The molecule has 0 radical (unpaired) electrons. The Balaban J connectivity index is 2.65. The van der Waals surface area contributed by atoms with E-state index in [4.69, 9.17) is 5.84 Å². The summed E-state index contributed by atoms with van der Waals surface area (Å²) in [6, 6.07) is 0. The average Bonchev–Trinajstić information content (AvgIpc) is 2.27. The number of nitrogen functional groups attached to an aromatic ring is 1. The van der Waals surface area contributed by atoms with Crippen LogP contribution in [0.3, 0.4) is 0 Å². The van der Waals surface area contributed by atoms with Crippen molar-refractivity contribution in [2.45, 2.75) is 27.7 Å². The van der Waals surface area contributed by atoms with E-state index in [0.717, 1.165) is 17.9 Å². The van der Waals surface area contributed by atoms with Gasteiger partial charge in [0.05, 0.1) is 0 Å². The lowest BCUT2D eigenvalue weighted by atomic mass is 9.98. The van der Waals surface area contributed by atoms with Crippen LogP contribution in [0.4, 0.5) is 11.8 Å². The smallest absolute Gasteiger partial charge is 0.239 e. The van der Waals surface area contributed by atoms with Crippen molar-refractivity contribution in [3.05, 3.63) is 11.8 Å². The number of nitrogens with zero attached hydrogens (tertiary/aromatic N) is 2. The van der Waals surface area contributed by atoms with E-state index in [9.17, 15) is 0 Å². The molecule has 1 rings (SSSR count). The predicted molar refractivity (Wildman–Crippen MR) is 67.1 cm³/mol. The molecule has 0 spiro atoms. The van der Waals surface area contributed by atoms with Crippen LogP contribution in [0.25, 0.3) is 0 Å². The van der Waals surface area contributed by atoms with Gasteiger partial charge in [0.2, 0.25) is 5.95 Å². The summed E-state index contributed by atoms with van der Waals surface area (Å²) in [5.41, 5.74) is 3.47. The molecule has 0 aromatic carbocycles. The molecule has 5 nitrogen and oxygen atoms in total. The molecule has 4 N–H and O–H groups in total. The van der Waals surface area contributed by atoms with Gasteiger partial charge in [-0.3, -0.25) is 5.43 Å². The Morgan fingerprint density at radius 2 is 2.06 bits per heavy atom. The SMILES string of the molecule is Cc1cnc(NN)nc1NCC(C)C(C)C. The topological polar surface area (TPSA) is 75.9 Å². The number of hydrogen-bond acceptors (Lipinski definition) is 5. The molecule has 0 aliphatic carbocycles. The maximum atomic E-state index is 5.27. The Labute approximate surface area is 96.8 Å². The number of aryl methyl sites for hydroxylation is 1. The molecular formula is C11H21N5. The van der Waals surface area contributed by atoms with Gasteiger partial charge in [-0.2, -0.15) is 4.98 Å². The first-order valence-electron chi connectivity index (χ1n) is 5.58. The Hall–Kier alpha value is -1.36. The molecule has 0 fully saturated rings. The highest BCUT2D eigenvalue weighted by atomic mass is 15.3. The van der Waals surface area contributed by atoms with Gasteiger partial charge < -0.3 is 5.32 Å². The molecule has 5 heteroatoms. The van der Waals surface area contributed by atoms with Gasteiger partial charge in [-0.15, -0.1) is 0 Å². The highest BCUT2D eigenvalue weighted by Gasteiger charge is 2.08. The number of rotatable bonds is 5. The summed E-state index contributed by atoms with van der Waals surface area (Å²) in [6.45, 7) is 9.52. The lowest BCUT2D eigenvalue weighted by Gasteiger charge is -2.17. The van der Waals surface area contributed by atoms with Crippen LogP contribution in [0.1, 0.15) is 26.3 Å². The third kappa shape index (κ3) is 3.34. The molecule has 0 bridgehead atoms. The van der Waals surface area contributed by atoms with Gasteiger partial charge in [0.1, 0.15) is 5.82 Å². The van der Waals surface area contributed by atoms with Crippen molar-refractivity contribution in [3.8, 4) is 0 Å². The van der Waals surface area contributed by atoms with Crippen LogP contribution in [0, 0.1) is 18.8 Å². The van der Waals surface area contributed by atoms with Gasteiger partial charge in [0.15, 0.2) is 0 Å². The van der Waals surface area contributed by atoms with Gasteiger partial charge >= 0.3 is 0 Å². The molecular weight excluding hydrogens is 202 g/mol. The fraction of sp³-hybridized carbons (Fsp3) is 0.636. The molecule has 1 aromatic heterocycles. The van der Waals surface area contributed by atoms with Gasteiger partial charge in [0, 0.05) is 18.3 Å². The van der Waals surface area contributed by atoms with E-state index in [1.54, 1.807) is 6.20 Å². The second kappa shape index (κ2) is 5.65. The zero-order chi connectivity index (χ0) is 12.1. The lowest BCUT2D eigenvalue weighted by molar-refractivity contribution is 0.439. The first-order chi connectivity index (χ1) is 7.54. The fourth-order valence-electron chi connectivity index (χ4n) is 1.18. The number of hydrogen-bond donors (Lipinski definition) is 3. The van der Waals surface area contributed by atoms with E-state index in [0.29, 0.717) is 17.8 Å². The highest BCUT2D eigenvalue weighted by Crippen LogP contribution is 2.15. The summed E-state index contributed by atoms with van der Waals surface area (Å²) in [4.78, 5) is 8.30. The van der Waals surface area contributed by atoms with Crippen LogP contribution in [0.15, 0.2) is 6.20 Å². The maximum absolute atomic E-state index is 5.27. The first-order valence-corrected chi connectivity index (χ1v) is 5.58. The van der Waals surface area contributed by atoms with Crippen LogP contribution >= 0.6 is 0 Å². The molecule has 1 atom stereocenters. The summed E-state index contributed by atoms with van der Waals surface area (Å²) in [7, 11) is 0. The largest absolute Gasteiger partial charge is 0.369 e. The summed E-state index contributed by atoms with van der Waals surface area (Å²) in [5.74, 6) is 7.80. The normalized spacial score (nSPS) is 12.6. The standard InChI is InChI=1S/C11H21N5/c1-7(2)8(3)5-13-10-9(4)6-14-11(15-10)16-12/h6-8H,5,12H2,1-4H3,(H2,13,14,15,16). The Bertz CT molecular complexity index is 337. The van der Waals surface area contributed by atoms with E-state index < -0.39 is 0 Å². The lowest BCUT2D eigenvalue weighted by Crippen LogP contribution is -2.18. The van der Waals surface area contributed by atoms with Crippen molar-refractivity contribution >= 4 is 11.8 Å².